The van der Waals surface area contributed by atoms with E-state index in [1.807, 2.05) is 0 Å². The standard InChI is InChI=1S/C13H16F2N2O/c14-9-6-10(15)8-11(7-9)17-13(18)12-4-2-1-3-5-16-12/h6-8,12,16H,1-5H2,(H,17,18). The molecule has 1 atom stereocenters. The van der Waals surface area contributed by atoms with Gasteiger partial charge in [0, 0.05) is 11.8 Å². The zero-order chi connectivity index (χ0) is 13.0. The fourth-order valence-electron chi connectivity index (χ4n) is 2.11. The molecule has 1 heterocycles. The molecule has 1 amide bonds. The molecule has 1 fully saturated rings. The van der Waals surface area contributed by atoms with Gasteiger partial charge in [-0.25, -0.2) is 8.78 Å². The first-order valence-corrected chi connectivity index (χ1v) is 6.15. The molecule has 1 aliphatic rings. The molecule has 0 radical (unpaired) electrons. The fraction of sp³-hybridized carbons (Fsp3) is 0.462. The van der Waals surface area contributed by atoms with Crippen LogP contribution in [0.15, 0.2) is 18.2 Å². The highest BCUT2D eigenvalue weighted by Gasteiger charge is 2.19. The molecule has 0 bridgehead atoms. The lowest BCUT2D eigenvalue weighted by atomic mass is 10.1. The van der Waals surface area contributed by atoms with Crippen molar-refractivity contribution in [3.8, 4) is 0 Å². The molecule has 1 aromatic carbocycles. The molecule has 2 N–H and O–H groups in total. The third-order valence-electron chi connectivity index (χ3n) is 3.01. The molecule has 0 saturated carbocycles. The van der Waals surface area contributed by atoms with Crippen LogP contribution in [0, 0.1) is 11.6 Å². The molecular formula is C13H16F2N2O. The summed E-state index contributed by atoms with van der Waals surface area (Å²) >= 11 is 0. The average molecular weight is 254 g/mol. The van der Waals surface area contributed by atoms with E-state index in [1.54, 1.807) is 0 Å². The van der Waals surface area contributed by atoms with Crippen LogP contribution in [-0.4, -0.2) is 18.5 Å². The lowest BCUT2D eigenvalue weighted by Crippen LogP contribution is -2.39. The van der Waals surface area contributed by atoms with E-state index in [1.165, 1.54) is 0 Å². The highest BCUT2D eigenvalue weighted by atomic mass is 19.1. The molecule has 0 aliphatic carbocycles. The van der Waals surface area contributed by atoms with Gasteiger partial charge in [-0.15, -0.1) is 0 Å². The minimum absolute atomic E-state index is 0.156. The van der Waals surface area contributed by atoms with Crippen molar-refractivity contribution in [2.45, 2.75) is 31.7 Å². The minimum atomic E-state index is -0.695. The van der Waals surface area contributed by atoms with E-state index >= 15 is 0 Å². The van der Waals surface area contributed by atoms with Gasteiger partial charge in [-0.3, -0.25) is 4.79 Å². The summed E-state index contributed by atoms with van der Waals surface area (Å²) in [6, 6.07) is 2.72. The van der Waals surface area contributed by atoms with E-state index in [9.17, 15) is 13.6 Å². The molecule has 18 heavy (non-hydrogen) atoms. The molecule has 1 saturated heterocycles. The second kappa shape index (κ2) is 5.91. The van der Waals surface area contributed by atoms with Gasteiger partial charge in [-0.2, -0.15) is 0 Å². The summed E-state index contributed by atoms with van der Waals surface area (Å²) in [5, 5.41) is 5.67. The van der Waals surface area contributed by atoms with Crippen LogP contribution in [0.5, 0.6) is 0 Å². The number of carbonyl (C=O) groups excluding carboxylic acids is 1. The van der Waals surface area contributed by atoms with Crippen LogP contribution in [0.3, 0.4) is 0 Å². The predicted molar refractivity (Wildman–Crippen MR) is 65.2 cm³/mol. The van der Waals surface area contributed by atoms with Crippen molar-refractivity contribution in [1.29, 1.82) is 0 Å². The number of benzene rings is 1. The van der Waals surface area contributed by atoms with E-state index in [4.69, 9.17) is 0 Å². The fourth-order valence-corrected chi connectivity index (χ4v) is 2.11. The van der Waals surface area contributed by atoms with Gasteiger partial charge < -0.3 is 10.6 Å². The van der Waals surface area contributed by atoms with E-state index in [2.05, 4.69) is 10.6 Å². The summed E-state index contributed by atoms with van der Waals surface area (Å²) in [7, 11) is 0. The molecule has 0 aromatic heterocycles. The number of anilines is 1. The second-order valence-electron chi connectivity index (χ2n) is 4.50. The zero-order valence-corrected chi connectivity index (χ0v) is 10.0. The number of rotatable bonds is 2. The van der Waals surface area contributed by atoms with Gasteiger partial charge in [0.1, 0.15) is 11.6 Å². The molecule has 3 nitrogen and oxygen atoms in total. The second-order valence-corrected chi connectivity index (χ2v) is 4.50. The SMILES string of the molecule is O=C(Nc1cc(F)cc(F)c1)C1CCCCCN1. The third kappa shape index (κ3) is 3.50. The topological polar surface area (TPSA) is 41.1 Å². The predicted octanol–water partition coefficient (Wildman–Crippen LogP) is 2.44. The lowest BCUT2D eigenvalue weighted by Gasteiger charge is -2.15. The summed E-state index contributed by atoms with van der Waals surface area (Å²) in [6.45, 7) is 0.801. The van der Waals surface area contributed by atoms with Crippen molar-refractivity contribution in [3.05, 3.63) is 29.8 Å². The first-order valence-electron chi connectivity index (χ1n) is 6.15. The maximum absolute atomic E-state index is 13.0. The maximum Gasteiger partial charge on any atom is 0.241 e. The molecule has 0 spiro atoms. The summed E-state index contributed by atoms with van der Waals surface area (Å²) in [5.74, 6) is -1.62. The Labute approximate surface area is 105 Å². The van der Waals surface area contributed by atoms with Crippen LogP contribution in [0.2, 0.25) is 0 Å². The summed E-state index contributed by atoms with van der Waals surface area (Å²) in [6.07, 6.45) is 3.90. The smallest absolute Gasteiger partial charge is 0.241 e. The highest BCUT2D eigenvalue weighted by Crippen LogP contribution is 2.15. The Morgan fingerprint density at radius 3 is 2.61 bits per heavy atom. The van der Waals surface area contributed by atoms with Crippen LogP contribution < -0.4 is 10.6 Å². The minimum Gasteiger partial charge on any atom is -0.325 e. The molecule has 1 aromatic rings. The van der Waals surface area contributed by atoms with Crippen LogP contribution in [0.25, 0.3) is 0 Å². The number of carbonyl (C=O) groups is 1. The number of halogens is 2. The monoisotopic (exact) mass is 254 g/mol. The first-order chi connectivity index (χ1) is 8.65. The summed E-state index contributed by atoms with van der Waals surface area (Å²) < 4.78 is 26.0. The van der Waals surface area contributed by atoms with Gasteiger partial charge in [0.05, 0.1) is 6.04 Å². The van der Waals surface area contributed by atoms with E-state index in [0.717, 1.165) is 50.4 Å². The Morgan fingerprint density at radius 2 is 1.89 bits per heavy atom. The zero-order valence-electron chi connectivity index (χ0n) is 10.0. The van der Waals surface area contributed by atoms with Crippen molar-refractivity contribution in [2.75, 3.05) is 11.9 Å². The van der Waals surface area contributed by atoms with Crippen molar-refractivity contribution < 1.29 is 13.6 Å². The van der Waals surface area contributed by atoms with Crippen molar-refractivity contribution in [2.24, 2.45) is 0 Å². The number of nitrogens with one attached hydrogen (secondary N) is 2. The molecule has 1 unspecified atom stereocenters. The van der Waals surface area contributed by atoms with Crippen LogP contribution in [-0.2, 0) is 4.79 Å². The Balaban J connectivity index is 2.01. The van der Waals surface area contributed by atoms with Gasteiger partial charge in [0.25, 0.3) is 0 Å². The van der Waals surface area contributed by atoms with Gasteiger partial charge >= 0.3 is 0 Å². The molecular weight excluding hydrogens is 238 g/mol. The van der Waals surface area contributed by atoms with Gasteiger partial charge in [-0.05, 0) is 31.5 Å². The number of hydrogen-bond donors (Lipinski definition) is 2. The van der Waals surface area contributed by atoms with Crippen molar-refractivity contribution in [1.82, 2.24) is 5.32 Å². The Bertz CT molecular complexity index is 409. The summed E-state index contributed by atoms with van der Waals surface area (Å²) in [4.78, 5) is 11.9. The third-order valence-corrected chi connectivity index (χ3v) is 3.01. The normalized spacial score (nSPS) is 20.2. The Morgan fingerprint density at radius 1 is 1.17 bits per heavy atom. The Hall–Kier alpha value is -1.49. The number of amides is 1. The molecule has 98 valence electrons. The molecule has 2 rings (SSSR count). The van der Waals surface area contributed by atoms with Crippen LogP contribution >= 0.6 is 0 Å². The maximum atomic E-state index is 13.0. The number of hydrogen-bond acceptors (Lipinski definition) is 2. The summed E-state index contributed by atoms with van der Waals surface area (Å²) in [5.41, 5.74) is 0.156. The van der Waals surface area contributed by atoms with E-state index < -0.39 is 11.6 Å². The van der Waals surface area contributed by atoms with Crippen molar-refractivity contribution >= 4 is 11.6 Å². The van der Waals surface area contributed by atoms with Crippen molar-refractivity contribution in [3.63, 3.8) is 0 Å². The van der Waals surface area contributed by atoms with Gasteiger partial charge in [0.2, 0.25) is 5.91 Å². The molecule has 1 aliphatic heterocycles. The highest BCUT2D eigenvalue weighted by molar-refractivity contribution is 5.94. The van der Waals surface area contributed by atoms with Crippen LogP contribution in [0.4, 0.5) is 14.5 Å². The van der Waals surface area contributed by atoms with Crippen LogP contribution in [0.1, 0.15) is 25.7 Å². The quantitative estimate of drug-likeness (QED) is 0.851. The Kier molecular flexibility index (Phi) is 4.25. The molecule has 5 heteroatoms. The average Bonchev–Trinajstić information content (AvgIpc) is 2.55. The van der Waals surface area contributed by atoms with E-state index in [-0.39, 0.29) is 17.6 Å². The van der Waals surface area contributed by atoms with Gasteiger partial charge in [-0.1, -0.05) is 12.8 Å². The largest absolute Gasteiger partial charge is 0.325 e. The van der Waals surface area contributed by atoms with E-state index in [0.29, 0.717) is 0 Å². The first kappa shape index (κ1) is 13.0. The lowest BCUT2D eigenvalue weighted by molar-refractivity contribution is -0.118. The van der Waals surface area contributed by atoms with Gasteiger partial charge in [0.15, 0.2) is 0 Å².